The zero-order valence-corrected chi connectivity index (χ0v) is 14.0. The molecule has 0 spiro atoms. The second kappa shape index (κ2) is 7.80. The topological polar surface area (TPSA) is 90.9 Å². The van der Waals surface area contributed by atoms with Crippen molar-refractivity contribution in [2.24, 2.45) is 0 Å². The van der Waals surface area contributed by atoms with Crippen LogP contribution in [0.4, 0.5) is 0 Å². The highest BCUT2D eigenvalue weighted by Gasteiger charge is 2.16. The minimum absolute atomic E-state index is 0.300. The molecule has 7 nitrogen and oxygen atoms in total. The summed E-state index contributed by atoms with van der Waals surface area (Å²) in [6.07, 6.45) is 0. The molecular formula is C17H15NO6S. The van der Waals surface area contributed by atoms with Crippen molar-refractivity contribution in [3.05, 3.63) is 46.2 Å². The minimum atomic E-state index is -0.684. The van der Waals surface area contributed by atoms with E-state index >= 15 is 0 Å². The summed E-state index contributed by atoms with van der Waals surface area (Å²) >= 11 is 1.27. The average Bonchev–Trinajstić information content (AvgIpc) is 3.18. The molecule has 0 fully saturated rings. The van der Waals surface area contributed by atoms with Crippen LogP contribution >= 0.6 is 11.3 Å². The average molecular weight is 361 g/mol. The summed E-state index contributed by atoms with van der Waals surface area (Å²) in [6, 6.07) is 8.18. The van der Waals surface area contributed by atoms with Crippen LogP contribution in [0.15, 0.2) is 35.7 Å². The number of esters is 1. The molecule has 2 heterocycles. The van der Waals surface area contributed by atoms with Crippen molar-refractivity contribution in [1.82, 2.24) is 5.32 Å². The van der Waals surface area contributed by atoms with Gasteiger partial charge in [-0.3, -0.25) is 14.4 Å². The number of benzene rings is 1. The van der Waals surface area contributed by atoms with E-state index in [1.165, 1.54) is 11.3 Å². The van der Waals surface area contributed by atoms with E-state index in [1.54, 1.807) is 35.7 Å². The first kappa shape index (κ1) is 17.0. The third kappa shape index (κ3) is 4.36. The molecule has 3 rings (SSSR count). The number of rotatable bonds is 6. The lowest BCUT2D eigenvalue weighted by Gasteiger charge is -2.18. The van der Waals surface area contributed by atoms with Crippen LogP contribution in [-0.2, 0) is 9.53 Å². The molecule has 8 heteroatoms. The van der Waals surface area contributed by atoms with E-state index in [0.717, 1.165) is 0 Å². The van der Waals surface area contributed by atoms with Gasteiger partial charge in [0.05, 0.1) is 4.88 Å². The summed E-state index contributed by atoms with van der Waals surface area (Å²) < 4.78 is 15.7. The minimum Gasteiger partial charge on any atom is -0.486 e. The second-order valence-electron chi connectivity index (χ2n) is 5.10. The smallest absolute Gasteiger partial charge is 0.325 e. The van der Waals surface area contributed by atoms with Crippen molar-refractivity contribution in [3.63, 3.8) is 0 Å². The molecule has 0 aliphatic carbocycles. The molecule has 1 N–H and O–H groups in total. The molecule has 0 radical (unpaired) electrons. The zero-order chi connectivity index (χ0) is 17.6. The van der Waals surface area contributed by atoms with Crippen LogP contribution in [-0.4, -0.2) is 44.0 Å². The van der Waals surface area contributed by atoms with Gasteiger partial charge in [-0.2, -0.15) is 0 Å². The van der Waals surface area contributed by atoms with E-state index in [0.29, 0.717) is 35.2 Å². The number of amides is 1. The molecule has 2 aromatic rings. The van der Waals surface area contributed by atoms with Gasteiger partial charge in [0.1, 0.15) is 19.8 Å². The van der Waals surface area contributed by atoms with Gasteiger partial charge in [-0.25, -0.2) is 0 Å². The molecule has 1 aliphatic rings. The summed E-state index contributed by atoms with van der Waals surface area (Å²) in [5.41, 5.74) is 0.361. The third-order valence-electron chi connectivity index (χ3n) is 3.37. The number of hydrogen-bond acceptors (Lipinski definition) is 7. The Morgan fingerprint density at radius 3 is 2.68 bits per heavy atom. The van der Waals surface area contributed by atoms with E-state index in [-0.39, 0.29) is 18.2 Å². The van der Waals surface area contributed by atoms with Gasteiger partial charge < -0.3 is 19.5 Å². The summed E-state index contributed by atoms with van der Waals surface area (Å²) in [5.74, 6) is -0.335. The summed E-state index contributed by atoms with van der Waals surface area (Å²) in [5, 5.41) is 4.20. The van der Waals surface area contributed by atoms with Crippen molar-refractivity contribution in [3.8, 4) is 11.5 Å². The summed E-state index contributed by atoms with van der Waals surface area (Å²) in [7, 11) is 0. The van der Waals surface area contributed by atoms with Crippen LogP contribution in [0.3, 0.4) is 0 Å². The molecular weight excluding hydrogens is 346 g/mol. The third-order valence-corrected chi connectivity index (χ3v) is 4.24. The van der Waals surface area contributed by atoms with E-state index in [1.807, 2.05) is 0 Å². The van der Waals surface area contributed by atoms with Gasteiger partial charge in [0.2, 0.25) is 0 Å². The number of Topliss-reactive ketones (excluding diaryl/α,β-unsaturated/α-hetero) is 1. The lowest BCUT2D eigenvalue weighted by molar-refractivity contribution is -0.141. The predicted molar refractivity (Wildman–Crippen MR) is 89.4 cm³/mol. The van der Waals surface area contributed by atoms with Gasteiger partial charge in [0.25, 0.3) is 5.91 Å². The van der Waals surface area contributed by atoms with Crippen molar-refractivity contribution in [2.75, 3.05) is 26.4 Å². The fraction of sp³-hybridized carbons (Fsp3) is 0.235. The van der Waals surface area contributed by atoms with Crippen LogP contribution in [0, 0.1) is 0 Å². The highest BCUT2D eigenvalue weighted by Crippen LogP contribution is 2.30. The summed E-state index contributed by atoms with van der Waals surface area (Å²) in [4.78, 5) is 36.0. The standard InChI is InChI=1S/C17H15NO6S/c19-12(11-3-4-13-14(8-11)23-6-5-22-13)10-24-16(20)9-18-17(21)15-2-1-7-25-15/h1-4,7-8H,5-6,9-10H2,(H,18,21). The van der Waals surface area contributed by atoms with E-state index in [4.69, 9.17) is 14.2 Å². The number of fused-ring (bicyclic) bond motifs is 1. The lowest BCUT2D eigenvalue weighted by atomic mass is 10.1. The van der Waals surface area contributed by atoms with Gasteiger partial charge in [-0.05, 0) is 29.6 Å². The van der Waals surface area contributed by atoms with Gasteiger partial charge in [-0.15, -0.1) is 11.3 Å². The highest BCUT2D eigenvalue weighted by atomic mass is 32.1. The monoisotopic (exact) mass is 361 g/mol. The second-order valence-corrected chi connectivity index (χ2v) is 6.05. The predicted octanol–water partition coefficient (Wildman–Crippen LogP) is 1.68. The SMILES string of the molecule is O=C(CNC(=O)c1cccs1)OCC(=O)c1ccc2c(c1)OCCO2. The van der Waals surface area contributed by atoms with E-state index in [9.17, 15) is 14.4 Å². The van der Waals surface area contributed by atoms with Gasteiger partial charge in [-0.1, -0.05) is 6.07 Å². The Balaban J connectivity index is 1.47. The molecule has 1 aromatic heterocycles. The highest BCUT2D eigenvalue weighted by molar-refractivity contribution is 7.12. The number of carbonyl (C=O) groups excluding carboxylic acids is 3. The Kier molecular flexibility index (Phi) is 5.30. The van der Waals surface area contributed by atoms with Crippen molar-refractivity contribution >= 4 is 29.0 Å². The Morgan fingerprint density at radius 2 is 1.92 bits per heavy atom. The fourth-order valence-electron chi connectivity index (χ4n) is 2.14. The van der Waals surface area contributed by atoms with E-state index in [2.05, 4.69) is 5.32 Å². The Bertz CT molecular complexity index is 786. The Labute approximate surface area is 147 Å². The molecule has 0 atom stereocenters. The van der Waals surface area contributed by atoms with Crippen molar-refractivity contribution in [2.45, 2.75) is 0 Å². The van der Waals surface area contributed by atoms with Crippen LogP contribution in [0.5, 0.6) is 11.5 Å². The number of nitrogens with one attached hydrogen (secondary N) is 1. The zero-order valence-electron chi connectivity index (χ0n) is 13.2. The number of hydrogen-bond donors (Lipinski definition) is 1. The fourth-order valence-corrected chi connectivity index (χ4v) is 2.78. The first-order chi connectivity index (χ1) is 12.1. The van der Waals surface area contributed by atoms with Crippen molar-refractivity contribution < 1.29 is 28.6 Å². The largest absolute Gasteiger partial charge is 0.486 e. The molecule has 0 bridgehead atoms. The lowest BCUT2D eigenvalue weighted by Crippen LogP contribution is -2.31. The maximum Gasteiger partial charge on any atom is 0.325 e. The quantitative estimate of drug-likeness (QED) is 0.622. The van der Waals surface area contributed by atoms with E-state index < -0.39 is 12.6 Å². The van der Waals surface area contributed by atoms with Crippen molar-refractivity contribution in [1.29, 1.82) is 0 Å². The first-order valence-electron chi connectivity index (χ1n) is 7.53. The first-order valence-corrected chi connectivity index (χ1v) is 8.41. The maximum absolute atomic E-state index is 12.1. The molecule has 1 amide bonds. The molecule has 130 valence electrons. The molecule has 0 unspecified atom stereocenters. The molecule has 0 saturated heterocycles. The number of ether oxygens (including phenoxy) is 3. The molecule has 1 aromatic carbocycles. The molecule has 0 saturated carbocycles. The molecule has 25 heavy (non-hydrogen) atoms. The van der Waals surface area contributed by atoms with Gasteiger partial charge in [0.15, 0.2) is 23.9 Å². The number of thiophene rings is 1. The number of ketones is 1. The van der Waals surface area contributed by atoms with Crippen LogP contribution in [0.2, 0.25) is 0 Å². The normalized spacial score (nSPS) is 12.3. The Hall–Kier alpha value is -2.87. The van der Waals surface area contributed by atoms with Gasteiger partial charge in [0, 0.05) is 5.56 Å². The van der Waals surface area contributed by atoms with Crippen LogP contribution in [0.1, 0.15) is 20.0 Å². The summed E-state index contributed by atoms with van der Waals surface area (Å²) in [6.45, 7) is 0.178. The van der Waals surface area contributed by atoms with Crippen LogP contribution in [0.25, 0.3) is 0 Å². The van der Waals surface area contributed by atoms with Crippen LogP contribution < -0.4 is 14.8 Å². The van der Waals surface area contributed by atoms with Gasteiger partial charge >= 0.3 is 5.97 Å². The molecule has 1 aliphatic heterocycles. The number of carbonyl (C=O) groups is 3. The Morgan fingerprint density at radius 1 is 1.12 bits per heavy atom. The maximum atomic E-state index is 12.1.